The van der Waals surface area contributed by atoms with Crippen molar-refractivity contribution in [1.29, 1.82) is 0 Å². The van der Waals surface area contributed by atoms with Crippen molar-refractivity contribution in [3.05, 3.63) is 101 Å². The first-order valence-corrected chi connectivity index (χ1v) is 11.4. The van der Waals surface area contributed by atoms with Crippen molar-refractivity contribution < 1.29 is 14.3 Å². The molecule has 3 rings (SSSR count). The average Bonchev–Trinajstić information content (AvgIpc) is 2.80. The fraction of sp³-hybridized carbons (Fsp3) is 0.259. The van der Waals surface area contributed by atoms with E-state index in [2.05, 4.69) is 5.32 Å². The minimum atomic E-state index is -0.689. The van der Waals surface area contributed by atoms with Gasteiger partial charge < -0.3 is 15.0 Å². The van der Waals surface area contributed by atoms with E-state index < -0.39 is 6.04 Å². The summed E-state index contributed by atoms with van der Waals surface area (Å²) in [5.74, 6) is 0.0290. The first-order valence-electron chi connectivity index (χ1n) is 11.0. The summed E-state index contributed by atoms with van der Waals surface area (Å²) in [4.78, 5) is 28.3. The molecule has 2 amide bonds. The highest BCUT2D eigenvalue weighted by molar-refractivity contribution is 6.30. The monoisotopic (exact) mass is 464 g/mol. The lowest BCUT2D eigenvalue weighted by Gasteiger charge is -2.32. The molecule has 3 aromatic rings. The summed E-state index contributed by atoms with van der Waals surface area (Å²) in [7, 11) is 0. The highest BCUT2D eigenvalue weighted by atomic mass is 35.5. The van der Waals surface area contributed by atoms with Crippen LogP contribution in [-0.2, 0) is 22.6 Å². The van der Waals surface area contributed by atoms with Gasteiger partial charge in [-0.1, -0.05) is 78.3 Å². The second-order valence-electron chi connectivity index (χ2n) is 8.12. The van der Waals surface area contributed by atoms with Crippen LogP contribution in [0.15, 0.2) is 84.9 Å². The van der Waals surface area contributed by atoms with E-state index in [0.29, 0.717) is 23.7 Å². The number of carbonyl (C=O) groups excluding carboxylic acids is 2. The Morgan fingerprint density at radius 2 is 1.55 bits per heavy atom. The number of benzene rings is 3. The van der Waals surface area contributed by atoms with Crippen molar-refractivity contribution in [3.8, 4) is 5.75 Å². The van der Waals surface area contributed by atoms with Crippen LogP contribution in [-0.4, -0.2) is 35.4 Å². The molecular formula is C27H29ClN2O3. The Kier molecular flexibility index (Phi) is 8.90. The predicted molar refractivity (Wildman–Crippen MR) is 131 cm³/mol. The zero-order valence-corrected chi connectivity index (χ0v) is 19.7. The van der Waals surface area contributed by atoms with Crippen LogP contribution in [0.1, 0.15) is 25.0 Å². The smallest absolute Gasteiger partial charge is 0.261 e. The molecule has 0 spiro atoms. The summed E-state index contributed by atoms with van der Waals surface area (Å²) in [6, 6.07) is 25.5. The van der Waals surface area contributed by atoms with Crippen molar-refractivity contribution in [3.63, 3.8) is 0 Å². The fourth-order valence-corrected chi connectivity index (χ4v) is 3.68. The molecule has 172 valence electrons. The number of amides is 2. The number of carbonyl (C=O) groups is 2. The van der Waals surface area contributed by atoms with Crippen molar-refractivity contribution in [2.24, 2.45) is 0 Å². The molecule has 0 bridgehead atoms. The normalized spacial score (nSPS) is 11.6. The Morgan fingerprint density at radius 3 is 2.15 bits per heavy atom. The van der Waals surface area contributed by atoms with E-state index in [4.69, 9.17) is 16.3 Å². The van der Waals surface area contributed by atoms with Gasteiger partial charge in [-0.25, -0.2) is 0 Å². The van der Waals surface area contributed by atoms with Crippen molar-refractivity contribution in [2.75, 3.05) is 6.61 Å². The van der Waals surface area contributed by atoms with Crippen LogP contribution in [0.3, 0.4) is 0 Å². The minimum Gasteiger partial charge on any atom is -0.484 e. The van der Waals surface area contributed by atoms with E-state index in [9.17, 15) is 9.59 Å². The van der Waals surface area contributed by atoms with Crippen LogP contribution < -0.4 is 10.1 Å². The zero-order chi connectivity index (χ0) is 23.6. The molecule has 0 aliphatic rings. The van der Waals surface area contributed by atoms with E-state index in [1.807, 2.05) is 74.5 Å². The zero-order valence-electron chi connectivity index (χ0n) is 18.9. The number of halogens is 1. The summed E-state index contributed by atoms with van der Waals surface area (Å²) in [6.07, 6.45) is 0.398. The number of hydrogen-bond acceptors (Lipinski definition) is 3. The third kappa shape index (κ3) is 7.65. The second-order valence-corrected chi connectivity index (χ2v) is 8.56. The van der Waals surface area contributed by atoms with E-state index >= 15 is 0 Å². The SMILES string of the molecule is CC(C)NC(=O)C(Cc1ccccc1)N(Cc1ccccc1)C(=O)COc1cccc(Cl)c1. The lowest BCUT2D eigenvalue weighted by atomic mass is 10.0. The van der Waals surface area contributed by atoms with Crippen LogP contribution in [0.4, 0.5) is 0 Å². The van der Waals surface area contributed by atoms with E-state index in [0.717, 1.165) is 11.1 Å². The Bertz CT molecular complexity index is 1040. The number of hydrogen-bond donors (Lipinski definition) is 1. The highest BCUT2D eigenvalue weighted by Gasteiger charge is 2.31. The van der Waals surface area contributed by atoms with Gasteiger partial charge in [0.05, 0.1) is 0 Å². The summed E-state index contributed by atoms with van der Waals surface area (Å²) < 4.78 is 5.72. The van der Waals surface area contributed by atoms with Crippen molar-refractivity contribution in [1.82, 2.24) is 10.2 Å². The standard InChI is InChI=1S/C27H29ClN2O3/c1-20(2)29-27(32)25(16-21-10-5-3-6-11-21)30(18-22-12-7-4-8-13-22)26(31)19-33-24-15-9-14-23(28)17-24/h3-15,17,20,25H,16,18-19H2,1-2H3,(H,29,32). The Morgan fingerprint density at radius 1 is 0.909 bits per heavy atom. The van der Waals surface area contributed by atoms with Crippen LogP contribution in [0.5, 0.6) is 5.75 Å². The molecule has 0 saturated carbocycles. The largest absolute Gasteiger partial charge is 0.484 e. The van der Waals surface area contributed by atoms with Crippen LogP contribution >= 0.6 is 11.6 Å². The maximum Gasteiger partial charge on any atom is 0.261 e. The molecular weight excluding hydrogens is 436 g/mol. The molecule has 0 aliphatic heterocycles. The van der Waals surface area contributed by atoms with Gasteiger partial charge in [0, 0.05) is 24.0 Å². The maximum absolute atomic E-state index is 13.4. The molecule has 0 radical (unpaired) electrons. The van der Waals surface area contributed by atoms with E-state index in [-0.39, 0.29) is 24.5 Å². The van der Waals surface area contributed by atoms with Gasteiger partial charge in [-0.15, -0.1) is 0 Å². The molecule has 5 nitrogen and oxygen atoms in total. The minimum absolute atomic E-state index is 0.0489. The van der Waals surface area contributed by atoms with Gasteiger partial charge >= 0.3 is 0 Å². The maximum atomic E-state index is 13.4. The van der Waals surface area contributed by atoms with E-state index in [1.165, 1.54) is 0 Å². The quantitative estimate of drug-likeness (QED) is 0.465. The van der Waals surface area contributed by atoms with Gasteiger partial charge in [0.1, 0.15) is 11.8 Å². The Labute approximate surface area is 200 Å². The lowest BCUT2D eigenvalue weighted by molar-refractivity contribution is -0.143. The molecule has 6 heteroatoms. The average molecular weight is 465 g/mol. The third-order valence-corrected chi connectivity index (χ3v) is 5.29. The molecule has 33 heavy (non-hydrogen) atoms. The summed E-state index contributed by atoms with van der Waals surface area (Å²) in [5, 5.41) is 3.50. The third-order valence-electron chi connectivity index (χ3n) is 5.06. The summed E-state index contributed by atoms with van der Waals surface area (Å²) in [5.41, 5.74) is 1.91. The molecule has 0 aromatic heterocycles. The predicted octanol–water partition coefficient (Wildman–Crippen LogP) is 4.88. The van der Waals surface area contributed by atoms with Crippen LogP contribution in [0, 0.1) is 0 Å². The topological polar surface area (TPSA) is 58.6 Å². The summed E-state index contributed by atoms with van der Waals surface area (Å²) in [6.45, 7) is 3.90. The molecule has 3 aromatic carbocycles. The lowest BCUT2D eigenvalue weighted by Crippen LogP contribution is -2.52. The van der Waals surface area contributed by atoms with Crippen molar-refractivity contribution >= 4 is 23.4 Å². The van der Waals surface area contributed by atoms with Crippen LogP contribution in [0.2, 0.25) is 5.02 Å². The molecule has 1 unspecified atom stereocenters. The molecule has 0 aliphatic carbocycles. The number of rotatable bonds is 10. The molecule has 0 heterocycles. The van der Waals surface area contributed by atoms with Gasteiger partial charge in [0.2, 0.25) is 5.91 Å². The molecule has 1 N–H and O–H groups in total. The van der Waals surface area contributed by atoms with Gasteiger partial charge in [-0.05, 0) is 43.2 Å². The van der Waals surface area contributed by atoms with Crippen molar-refractivity contribution in [2.45, 2.75) is 38.9 Å². The van der Waals surface area contributed by atoms with Gasteiger partial charge in [-0.2, -0.15) is 0 Å². The fourth-order valence-electron chi connectivity index (χ4n) is 3.50. The first kappa shape index (κ1) is 24.3. The Balaban J connectivity index is 1.88. The number of ether oxygens (including phenoxy) is 1. The van der Waals surface area contributed by atoms with Gasteiger partial charge in [-0.3, -0.25) is 9.59 Å². The number of nitrogens with zero attached hydrogens (tertiary/aromatic N) is 1. The number of nitrogens with one attached hydrogen (secondary N) is 1. The van der Waals surface area contributed by atoms with E-state index in [1.54, 1.807) is 29.2 Å². The second kappa shape index (κ2) is 12.1. The van der Waals surface area contributed by atoms with Gasteiger partial charge in [0.15, 0.2) is 6.61 Å². The molecule has 1 atom stereocenters. The molecule has 0 fully saturated rings. The molecule has 0 saturated heterocycles. The highest BCUT2D eigenvalue weighted by Crippen LogP contribution is 2.19. The first-order chi connectivity index (χ1) is 15.9. The Hall–Kier alpha value is -3.31. The van der Waals surface area contributed by atoms with Gasteiger partial charge in [0.25, 0.3) is 5.91 Å². The summed E-state index contributed by atoms with van der Waals surface area (Å²) >= 11 is 6.03. The van der Waals surface area contributed by atoms with Crippen LogP contribution in [0.25, 0.3) is 0 Å².